The first-order valence-electron chi connectivity index (χ1n) is 8.32. The lowest BCUT2D eigenvalue weighted by Gasteiger charge is -2.25. The quantitative estimate of drug-likeness (QED) is 0.884. The molecule has 0 unspecified atom stereocenters. The maximum Gasteiger partial charge on any atom is 0.165 e. The third kappa shape index (κ3) is 3.74. The van der Waals surface area contributed by atoms with Gasteiger partial charge in [-0.1, -0.05) is 12.1 Å². The molecule has 2 heterocycles. The molecule has 1 saturated heterocycles. The van der Waals surface area contributed by atoms with Crippen molar-refractivity contribution in [2.24, 2.45) is 5.92 Å². The van der Waals surface area contributed by atoms with Gasteiger partial charge in [0, 0.05) is 31.5 Å². The summed E-state index contributed by atoms with van der Waals surface area (Å²) >= 11 is 0. The van der Waals surface area contributed by atoms with Gasteiger partial charge in [-0.2, -0.15) is 0 Å². The van der Waals surface area contributed by atoms with Crippen LogP contribution in [0.4, 0.5) is 4.39 Å². The van der Waals surface area contributed by atoms with Crippen LogP contribution in [-0.2, 0) is 6.54 Å². The van der Waals surface area contributed by atoms with Crippen molar-refractivity contribution in [2.45, 2.75) is 19.0 Å². The molecule has 2 atom stereocenters. The van der Waals surface area contributed by atoms with Gasteiger partial charge >= 0.3 is 0 Å². The Hall–Kier alpha value is -1.98. The molecule has 1 fully saturated rings. The van der Waals surface area contributed by atoms with E-state index in [1.165, 1.54) is 18.7 Å². The molecule has 5 heteroatoms. The fourth-order valence-electron chi connectivity index (χ4n) is 3.54. The largest absolute Gasteiger partial charge is 0.494 e. The van der Waals surface area contributed by atoms with Crippen molar-refractivity contribution in [3.05, 3.63) is 59.7 Å². The second-order valence-corrected chi connectivity index (χ2v) is 6.36. The predicted octanol–water partition coefficient (Wildman–Crippen LogP) is 3.01. The molecule has 1 aliphatic heterocycles. The zero-order valence-corrected chi connectivity index (χ0v) is 14.2. The van der Waals surface area contributed by atoms with Gasteiger partial charge in [-0.3, -0.25) is 9.88 Å². The van der Waals surface area contributed by atoms with Crippen molar-refractivity contribution in [2.75, 3.05) is 27.2 Å². The van der Waals surface area contributed by atoms with Crippen molar-refractivity contribution >= 4 is 0 Å². The fraction of sp³-hybridized carbons (Fsp3) is 0.421. The molecule has 0 bridgehead atoms. The lowest BCUT2D eigenvalue weighted by molar-refractivity contribution is 0.271. The van der Waals surface area contributed by atoms with Crippen LogP contribution in [0.3, 0.4) is 0 Å². The standard InChI is InChI=1S/C19H24FN3O/c1-23-9-7-16(19(23)15-4-3-8-21-12-15)13-22-11-14-5-6-18(24-2)17(20)10-14/h3-6,8,10,12,16,19,22H,7,9,11,13H2,1-2H3/t16-,19-/m0/s1. The summed E-state index contributed by atoms with van der Waals surface area (Å²) in [6.45, 7) is 2.64. The number of aromatic nitrogens is 1. The second kappa shape index (κ2) is 7.73. The summed E-state index contributed by atoms with van der Waals surface area (Å²) in [5.74, 6) is 0.501. The van der Waals surface area contributed by atoms with Crippen molar-refractivity contribution in [1.29, 1.82) is 0 Å². The van der Waals surface area contributed by atoms with Gasteiger partial charge in [0.05, 0.1) is 7.11 Å². The molecule has 1 N–H and O–H groups in total. The van der Waals surface area contributed by atoms with E-state index in [2.05, 4.69) is 28.3 Å². The maximum absolute atomic E-state index is 13.7. The fourth-order valence-corrected chi connectivity index (χ4v) is 3.54. The molecular weight excluding hydrogens is 305 g/mol. The number of nitrogens with zero attached hydrogens (tertiary/aromatic N) is 2. The number of pyridine rings is 1. The number of hydrogen-bond acceptors (Lipinski definition) is 4. The Balaban J connectivity index is 1.59. The Bertz CT molecular complexity index is 665. The van der Waals surface area contributed by atoms with E-state index in [4.69, 9.17) is 4.74 Å². The third-order valence-corrected chi connectivity index (χ3v) is 4.75. The molecule has 0 radical (unpaired) electrons. The molecule has 24 heavy (non-hydrogen) atoms. The van der Waals surface area contributed by atoms with Crippen molar-refractivity contribution < 1.29 is 9.13 Å². The number of hydrogen-bond donors (Lipinski definition) is 1. The Kier molecular flexibility index (Phi) is 5.43. The first-order chi connectivity index (χ1) is 11.7. The van der Waals surface area contributed by atoms with Gasteiger partial charge in [-0.25, -0.2) is 4.39 Å². The summed E-state index contributed by atoms with van der Waals surface area (Å²) in [4.78, 5) is 6.64. The molecule has 0 saturated carbocycles. The van der Waals surface area contributed by atoms with Crippen LogP contribution in [0.5, 0.6) is 5.75 Å². The smallest absolute Gasteiger partial charge is 0.165 e. The van der Waals surface area contributed by atoms with Gasteiger partial charge in [0.1, 0.15) is 0 Å². The van der Waals surface area contributed by atoms with E-state index in [0.29, 0.717) is 18.5 Å². The molecule has 1 aromatic carbocycles. The summed E-state index contributed by atoms with van der Waals surface area (Å²) in [6, 6.07) is 9.63. The van der Waals surface area contributed by atoms with Crippen LogP contribution in [0, 0.1) is 11.7 Å². The van der Waals surface area contributed by atoms with Gasteiger partial charge in [-0.15, -0.1) is 0 Å². The van der Waals surface area contributed by atoms with Gasteiger partial charge in [0.25, 0.3) is 0 Å². The number of methoxy groups -OCH3 is 1. The number of rotatable bonds is 6. The summed E-state index contributed by atoms with van der Waals surface area (Å²) < 4.78 is 18.7. The van der Waals surface area contributed by atoms with Crippen molar-refractivity contribution in [3.8, 4) is 5.75 Å². The number of likely N-dealkylation sites (tertiary alicyclic amines) is 1. The van der Waals surface area contributed by atoms with Crippen molar-refractivity contribution in [1.82, 2.24) is 15.2 Å². The summed E-state index contributed by atoms with van der Waals surface area (Å²) in [6.07, 6.45) is 4.92. The summed E-state index contributed by atoms with van der Waals surface area (Å²) in [7, 11) is 3.64. The first kappa shape index (κ1) is 16.9. The minimum absolute atomic E-state index is 0.285. The zero-order valence-electron chi connectivity index (χ0n) is 14.2. The topological polar surface area (TPSA) is 37.4 Å². The lowest BCUT2D eigenvalue weighted by Crippen LogP contribution is -2.28. The molecule has 128 valence electrons. The third-order valence-electron chi connectivity index (χ3n) is 4.75. The Morgan fingerprint density at radius 2 is 2.25 bits per heavy atom. The molecule has 3 rings (SSSR count). The minimum atomic E-state index is -0.314. The van der Waals surface area contributed by atoms with E-state index < -0.39 is 0 Å². The molecule has 1 aromatic heterocycles. The van der Waals surface area contributed by atoms with Crippen LogP contribution in [0.15, 0.2) is 42.7 Å². The number of nitrogens with one attached hydrogen (secondary N) is 1. The van der Waals surface area contributed by atoms with Crippen LogP contribution >= 0.6 is 0 Å². The van der Waals surface area contributed by atoms with Crippen molar-refractivity contribution in [3.63, 3.8) is 0 Å². The van der Waals surface area contributed by atoms with Crippen LogP contribution in [-0.4, -0.2) is 37.1 Å². The maximum atomic E-state index is 13.7. The molecule has 0 spiro atoms. The van der Waals surface area contributed by atoms with Gasteiger partial charge < -0.3 is 10.1 Å². The summed E-state index contributed by atoms with van der Waals surface area (Å²) in [5.41, 5.74) is 2.19. The molecule has 1 aliphatic rings. The second-order valence-electron chi connectivity index (χ2n) is 6.36. The van der Waals surface area contributed by atoms with Crippen LogP contribution in [0.1, 0.15) is 23.6 Å². The van der Waals surface area contributed by atoms with Crippen LogP contribution in [0.25, 0.3) is 0 Å². The van der Waals surface area contributed by atoms with E-state index in [0.717, 1.165) is 25.1 Å². The van der Waals surface area contributed by atoms with Gasteiger partial charge in [0.2, 0.25) is 0 Å². The average molecular weight is 329 g/mol. The highest BCUT2D eigenvalue weighted by molar-refractivity contribution is 5.29. The summed E-state index contributed by atoms with van der Waals surface area (Å²) in [5, 5.41) is 3.47. The lowest BCUT2D eigenvalue weighted by atomic mass is 9.94. The highest BCUT2D eigenvalue weighted by atomic mass is 19.1. The molecule has 2 aromatic rings. The van der Waals surface area contributed by atoms with E-state index in [9.17, 15) is 4.39 Å². The minimum Gasteiger partial charge on any atom is -0.494 e. The predicted molar refractivity (Wildman–Crippen MR) is 92.4 cm³/mol. The van der Waals surface area contributed by atoms with Gasteiger partial charge in [0.15, 0.2) is 11.6 Å². The van der Waals surface area contributed by atoms with Crippen LogP contribution in [0.2, 0.25) is 0 Å². The zero-order chi connectivity index (χ0) is 16.9. The highest BCUT2D eigenvalue weighted by Gasteiger charge is 2.32. The van der Waals surface area contributed by atoms with E-state index in [1.807, 2.05) is 24.5 Å². The van der Waals surface area contributed by atoms with E-state index >= 15 is 0 Å². The first-order valence-corrected chi connectivity index (χ1v) is 8.32. The van der Waals surface area contributed by atoms with E-state index in [1.54, 1.807) is 6.07 Å². The Labute approximate surface area is 142 Å². The number of ether oxygens (including phenoxy) is 1. The SMILES string of the molecule is COc1ccc(CNC[C@@H]2CCN(C)[C@H]2c2cccnc2)cc1F. The molecular formula is C19H24FN3O. The normalized spacial score (nSPS) is 21.1. The van der Waals surface area contributed by atoms with Crippen LogP contribution < -0.4 is 10.1 Å². The molecule has 0 amide bonds. The monoisotopic (exact) mass is 329 g/mol. The van der Waals surface area contributed by atoms with E-state index in [-0.39, 0.29) is 11.6 Å². The molecule has 4 nitrogen and oxygen atoms in total. The Morgan fingerprint density at radius 3 is 2.96 bits per heavy atom. The highest BCUT2D eigenvalue weighted by Crippen LogP contribution is 2.35. The average Bonchev–Trinajstić information content (AvgIpc) is 2.96. The Morgan fingerprint density at radius 1 is 1.38 bits per heavy atom. The van der Waals surface area contributed by atoms with Gasteiger partial charge in [-0.05, 0) is 55.3 Å². The number of halogens is 1. The molecule has 0 aliphatic carbocycles. The number of benzene rings is 1.